The largest absolute Gasteiger partial charge is 0.493 e. The number of methoxy groups -OCH3 is 2. The van der Waals surface area contributed by atoms with Gasteiger partial charge >= 0.3 is 0 Å². The first kappa shape index (κ1) is 22.4. The third-order valence-corrected chi connectivity index (χ3v) is 5.18. The second kappa shape index (κ2) is 10.6. The molecule has 5 heteroatoms. The molecule has 1 amide bonds. The molecule has 0 bridgehead atoms. The van der Waals surface area contributed by atoms with Crippen LogP contribution in [0.25, 0.3) is 16.8 Å². The highest BCUT2D eigenvalue weighted by Crippen LogP contribution is 2.28. The molecule has 162 valence electrons. The van der Waals surface area contributed by atoms with E-state index >= 15 is 0 Å². The summed E-state index contributed by atoms with van der Waals surface area (Å²) >= 11 is 0. The van der Waals surface area contributed by atoms with Crippen molar-refractivity contribution >= 4 is 28.4 Å². The molecule has 3 aromatic carbocycles. The average Bonchev–Trinajstić information content (AvgIpc) is 2.77. The molecule has 0 aliphatic carbocycles. The molecule has 5 nitrogen and oxygen atoms in total. The SMILES string of the molecule is COc1ccc(CCN(C)C/C=C/c2cccc3cc(NC(C)=O)ccc23)cc1OC. The zero-order chi connectivity index (χ0) is 22.2. The van der Waals surface area contributed by atoms with Crippen LogP contribution in [-0.4, -0.2) is 45.2 Å². The predicted molar refractivity (Wildman–Crippen MR) is 128 cm³/mol. The number of rotatable bonds is 9. The van der Waals surface area contributed by atoms with Gasteiger partial charge in [0.15, 0.2) is 11.5 Å². The number of carbonyl (C=O) groups is 1. The van der Waals surface area contributed by atoms with Crippen molar-refractivity contribution < 1.29 is 14.3 Å². The lowest BCUT2D eigenvalue weighted by atomic mass is 10.0. The third-order valence-electron chi connectivity index (χ3n) is 5.18. The highest BCUT2D eigenvalue weighted by atomic mass is 16.5. The summed E-state index contributed by atoms with van der Waals surface area (Å²) in [6.07, 6.45) is 5.28. The van der Waals surface area contributed by atoms with Crippen LogP contribution in [0.3, 0.4) is 0 Å². The number of amides is 1. The molecule has 0 aliphatic heterocycles. The Balaban J connectivity index is 1.60. The van der Waals surface area contributed by atoms with Gasteiger partial charge in [-0.15, -0.1) is 0 Å². The molecule has 0 saturated carbocycles. The quantitative estimate of drug-likeness (QED) is 0.531. The smallest absolute Gasteiger partial charge is 0.221 e. The highest BCUT2D eigenvalue weighted by Gasteiger charge is 2.06. The molecular weight excluding hydrogens is 388 g/mol. The van der Waals surface area contributed by atoms with Crippen molar-refractivity contribution in [2.75, 3.05) is 39.7 Å². The second-order valence-corrected chi connectivity index (χ2v) is 7.57. The van der Waals surface area contributed by atoms with E-state index in [4.69, 9.17) is 9.47 Å². The number of fused-ring (bicyclic) bond motifs is 1. The summed E-state index contributed by atoms with van der Waals surface area (Å²) in [5.74, 6) is 1.45. The number of benzene rings is 3. The van der Waals surface area contributed by atoms with Gasteiger partial charge in [0.2, 0.25) is 5.91 Å². The molecular formula is C26H30N2O3. The van der Waals surface area contributed by atoms with Crippen molar-refractivity contribution in [3.63, 3.8) is 0 Å². The first-order valence-corrected chi connectivity index (χ1v) is 10.4. The van der Waals surface area contributed by atoms with Crippen LogP contribution in [0.15, 0.2) is 60.7 Å². The highest BCUT2D eigenvalue weighted by molar-refractivity contribution is 5.96. The lowest BCUT2D eigenvalue weighted by Gasteiger charge is -2.15. The summed E-state index contributed by atoms with van der Waals surface area (Å²) in [4.78, 5) is 13.6. The van der Waals surface area contributed by atoms with E-state index in [1.807, 2.05) is 30.3 Å². The molecule has 0 saturated heterocycles. The normalized spacial score (nSPS) is 11.3. The van der Waals surface area contributed by atoms with Crippen LogP contribution in [0.2, 0.25) is 0 Å². The van der Waals surface area contributed by atoms with E-state index in [1.54, 1.807) is 14.2 Å². The molecule has 0 atom stereocenters. The summed E-state index contributed by atoms with van der Waals surface area (Å²) in [6, 6.07) is 18.3. The summed E-state index contributed by atoms with van der Waals surface area (Å²) in [6.45, 7) is 3.31. The molecule has 3 rings (SSSR count). The van der Waals surface area contributed by atoms with E-state index in [0.717, 1.165) is 42.1 Å². The van der Waals surface area contributed by atoms with Crippen LogP contribution >= 0.6 is 0 Å². The first-order valence-electron chi connectivity index (χ1n) is 10.4. The Labute approximate surface area is 184 Å². The number of likely N-dealkylation sites (N-methyl/N-ethyl adjacent to an activating group) is 1. The maximum atomic E-state index is 11.3. The van der Waals surface area contributed by atoms with E-state index in [2.05, 4.69) is 53.7 Å². The van der Waals surface area contributed by atoms with Crippen molar-refractivity contribution in [3.8, 4) is 11.5 Å². The Morgan fingerprint density at radius 1 is 1.03 bits per heavy atom. The number of carbonyl (C=O) groups excluding carboxylic acids is 1. The Morgan fingerprint density at radius 3 is 2.58 bits per heavy atom. The number of nitrogens with one attached hydrogen (secondary N) is 1. The molecule has 3 aromatic rings. The molecule has 0 radical (unpaired) electrons. The van der Waals surface area contributed by atoms with Gasteiger partial charge < -0.3 is 19.7 Å². The van der Waals surface area contributed by atoms with Crippen molar-refractivity contribution in [1.82, 2.24) is 4.90 Å². The minimum Gasteiger partial charge on any atom is -0.493 e. The van der Waals surface area contributed by atoms with E-state index in [9.17, 15) is 4.79 Å². The molecule has 31 heavy (non-hydrogen) atoms. The summed E-state index contributed by atoms with van der Waals surface area (Å²) in [5, 5.41) is 5.11. The second-order valence-electron chi connectivity index (χ2n) is 7.57. The van der Waals surface area contributed by atoms with E-state index in [0.29, 0.717) is 0 Å². The Morgan fingerprint density at radius 2 is 1.84 bits per heavy atom. The fourth-order valence-corrected chi connectivity index (χ4v) is 3.54. The van der Waals surface area contributed by atoms with E-state index in [1.165, 1.54) is 23.4 Å². The summed E-state index contributed by atoms with van der Waals surface area (Å²) in [7, 11) is 5.43. The number of hydrogen-bond donors (Lipinski definition) is 1. The average molecular weight is 419 g/mol. The van der Waals surface area contributed by atoms with Gasteiger partial charge in [-0.05, 0) is 59.6 Å². The first-order chi connectivity index (χ1) is 15.0. The minimum absolute atomic E-state index is 0.0634. The predicted octanol–water partition coefficient (Wildman–Crippen LogP) is 5.00. The van der Waals surface area contributed by atoms with Gasteiger partial charge in [-0.2, -0.15) is 0 Å². The van der Waals surface area contributed by atoms with Gasteiger partial charge in [-0.25, -0.2) is 0 Å². The van der Waals surface area contributed by atoms with Gasteiger partial charge in [0.1, 0.15) is 0 Å². The lowest BCUT2D eigenvalue weighted by molar-refractivity contribution is -0.114. The van der Waals surface area contributed by atoms with Crippen molar-refractivity contribution in [1.29, 1.82) is 0 Å². The maximum Gasteiger partial charge on any atom is 0.221 e. The summed E-state index contributed by atoms with van der Waals surface area (Å²) < 4.78 is 10.7. The van der Waals surface area contributed by atoms with E-state index < -0.39 is 0 Å². The van der Waals surface area contributed by atoms with Crippen LogP contribution in [0, 0.1) is 0 Å². The Bertz CT molecular complexity index is 1080. The van der Waals surface area contributed by atoms with Gasteiger partial charge in [0.25, 0.3) is 0 Å². The van der Waals surface area contributed by atoms with Gasteiger partial charge in [0, 0.05) is 25.7 Å². The maximum absolute atomic E-state index is 11.3. The third kappa shape index (κ3) is 6.09. The molecule has 1 N–H and O–H groups in total. The van der Waals surface area contributed by atoms with Gasteiger partial charge in [0.05, 0.1) is 14.2 Å². The van der Waals surface area contributed by atoms with Gasteiger partial charge in [-0.1, -0.05) is 42.5 Å². The Kier molecular flexibility index (Phi) is 7.68. The molecule has 0 unspecified atom stereocenters. The number of nitrogens with zero attached hydrogens (tertiary/aromatic N) is 1. The zero-order valence-electron chi connectivity index (χ0n) is 18.6. The molecule has 0 spiro atoms. The van der Waals surface area contributed by atoms with Crippen LogP contribution in [0.1, 0.15) is 18.1 Å². The lowest BCUT2D eigenvalue weighted by Crippen LogP contribution is -2.21. The van der Waals surface area contributed by atoms with Crippen molar-refractivity contribution in [2.24, 2.45) is 0 Å². The van der Waals surface area contributed by atoms with Crippen LogP contribution in [0.4, 0.5) is 5.69 Å². The molecule has 0 aliphatic rings. The molecule has 0 fully saturated rings. The number of hydrogen-bond acceptors (Lipinski definition) is 4. The topological polar surface area (TPSA) is 50.8 Å². The number of ether oxygens (including phenoxy) is 2. The van der Waals surface area contributed by atoms with Gasteiger partial charge in [-0.3, -0.25) is 4.79 Å². The molecule has 0 aromatic heterocycles. The van der Waals surface area contributed by atoms with E-state index in [-0.39, 0.29) is 5.91 Å². The van der Waals surface area contributed by atoms with Crippen LogP contribution in [0.5, 0.6) is 11.5 Å². The zero-order valence-corrected chi connectivity index (χ0v) is 18.6. The standard InChI is InChI=1S/C26H30N2O3/c1-19(29)27-23-11-12-24-21(7-5-8-22(24)18-23)9-6-15-28(2)16-14-20-10-13-25(30-3)26(17-20)31-4/h5-13,17-18H,14-16H2,1-4H3,(H,27,29)/b9-6+. The van der Waals surface area contributed by atoms with Crippen LogP contribution in [-0.2, 0) is 11.2 Å². The number of anilines is 1. The van der Waals surface area contributed by atoms with Crippen molar-refractivity contribution in [3.05, 3.63) is 71.8 Å². The fourth-order valence-electron chi connectivity index (χ4n) is 3.54. The van der Waals surface area contributed by atoms with Crippen LogP contribution < -0.4 is 14.8 Å². The molecule has 0 heterocycles. The minimum atomic E-state index is -0.0634. The monoisotopic (exact) mass is 418 g/mol. The summed E-state index contributed by atoms with van der Waals surface area (Å²) in [5.41, 5.74) is 3.20. The fraction of sp³-hybridized carbons (Fsp3) is 0.269. The van der Waals surface area contributed by atoms with Crippen molar-refractivity contribution in [2.45, 2.75) is 13.3 Å². The Hall–Kier alpha value is -3.31.